The summed E-state index contributed by atoms with van der Waals surface area (Å²) in [5, 5.41) is 19.7. The van der Waals surface area contributed by atoms with E-state index in [1.165, 1.54) is 4.90 Å². The van der Waals surface area contributed by atoms with E-state index in [9.17, 15) is 15.2 Å². The van der Waals surface area contributed by atoms with Gasteiger partial charge in [0.05, 0.1) is 10.5 Å². The molecule has 5 N–H and O–H groups in total. The molecule has 6 nitrogen and oxygen atoms in total. The second-order valence-corrected chi connectivity index (χ2v) is 7.72. The zero-order valence-electron chi connectivity index (χ0n) is 11.7. The van der Waals surface area contributed by atoms with Gasteiger partial charge in [-0.3, -0.25) is 10.5 Å². The number of quaternary nitrogens is 2. The van der Waals surface area contributed by atoms with Gasteiger partial charge in [-0.15, -0.1) is 0 Å². The average Bonchev–Trinajstić information content (AvgIpc) is 2.41. The van der Waals surface area contributed by atoms with Gasteiger partial charge in [-0.2, -0.15) is 0 Å². The Morgan fingerprint density at radius 2 is 2.15 bits per heavy atom. The normalized spacial score (nSPS) is 40.3. The second-order valence-electron chi connectivity index (χ2n) is 6.12. The zero-order valence-corrected chi connectivity index (χ0v) is 13.8. The number of nitrogens with two attached hydrogens (primary N) is 1. The van der Waals surface area contributed by atoms with Gasteiger partial charge in [-0.1, -0.05) is 22.6 Å². The molecule has 2 aliphatic rings. The first-order valence-electron chi connectivity index (χ1n) is 7.48. The molecule has 0 spiro atoms. The van der Waals surface area contributed by atoms with E-state index in [0.29, 0.717) is 13.0 Å². The number of rotatable bonds is 4. The number of hydroxylamine groups is 2. The molecular formula is C13H25IN3O3+. The number of piperidine rings is 1. The van der Waals surface area contributed by atoms with Crippen LogP contribution in [0.3, 0.4) is 0 Å². The van der Waals surface area contributed by atoms with Crippen molar-refractivity contribution < 1.29 is 20.1 Å². The molecule has 7 heteroatoms. The summed E-state index contributed by atoms with van der Waals surface area (Å²) in [4.78, 5) is 13.6. The van der Waals surface area contributed by atoms with Gasteiger partial charge in [-0.25, -0.2) is 10.4 Å². The highest BCUT2D eigenvalue weighted by Gasteiger charge is 2.38. The lowest BCUT2D eigenvalue weighted by Crippen LogP contribution is -3.19. The molecular weight excluding hydrogens is 373 g/mol. The van der Waals surface area contributed by atoms with Crippen LogP contribution in [-0.4, -0.2) is 40.2 Å². The van der Waals surface area contributed by atoms with Crippen LogP contribution in [0.15, 0.2) is 0 Å². The third-order valence-corrected chi connectivity index (χ3v) is 6.22. The number of alkyl halides is 1. The van der Waals surface area contributed by atoms with Crippen LogP contribution < -0.4 is 15.9 Å². The van der Waals surface area contributed by atoms with E-state index in [0.717, 1.165) is 38.6 Å². The standard InChI is InChI=1S/C13H24IN3O3/c14-10-5-4-9(7-11(10)17(19)20)12(18)8-16-6-2-1-3-13(16)15/h9-11,13,17,19H,1-8,15H2/p+1. The van der Waals surface area contributed by atoms with Gasteiger partial charge in [0.1, 0.15) is 18.8 Å². The SMILES string of the molecule is NC1CCCC[NH+]1CC(=O)C1CCC(I)C([NH+]([O-])O)C1. The van der Waals surface area contributed by atoms with E-state index in [1.807, 2.05) is 0 Å². The van der Waals surface area contributed by atoms with Crippen molar-refractivity contribution in [2.75, 3.05) is 13.1 Å². The third-order valence-electron chi connectivity index (χ3n) is 4.73. The summed E-state index contributed by atoms with van der Waals surface area (Å²) in [5.74, 6) is 0.135. The first kappa shape index (κ1) is 16.6. The fourth-order valence-corrected chi connectivity index (χ4v) is 4.34. The summed E-state index contributed by atoms with van der Waals surface area (Å²) in [6.07, 6.45) is 5.51. The van der Waals surface area contributed by atoms with Crippen LogP contribution in [0.1, 0.15) is 38.5 Å². The number of carbonyl (C=O) groups is 1. The molecule has 2 fully saturated rings. The molecule has 0 amide bonds. The first-order chi connectivity index (χ1) is 9.49. The van der Waals surface area contributed by atoms with Crippen LogP contribution in [0.5, 0.6) is 0 Å². The summed E-state index contributed by atoms with van der Waals surface area (Å²) >= 11 is 2.21. The lowest BCUT2D eigenvalue weighted by atomic mass is 9.83. The van der Waals surface area contributed by atoms with Gasteiger partial charge in [-0.05, 0) is 25.7 Å². The molecule has 6 atom stereocenters. The summed E-state index contributed by atoms with van der Waals surface area (Å²) in [6.45, 7) is 1.45. The molecule has 20 heavy (non-hydrogen) atoms. The molecule has 0 aromatic rings. The van der Waals surface area contributed by atoms with Crippen LogP contribution in [0, 0.1) is 11.1 Å². The van der Waals surface area contributed by atoms with Crippen molar-refractivity contribution in [3.05, 3.63) is 5.21 Å². The molecule has 116 valence electrons. The Balaban J connectivity index is 1.88. The smallest absolute Gasteiger partial charge is 0.190 e. The Labute approximate surface area is 133 Å². The Morgan fingerprint density at radius 3 is 2.80 bits per heavy atom. The fourth-order valence-electron chi connectivity index (χ4n) is 3.38. The Morgan fingerprint density at radius 1 is 1.40 bits per heavy atom. The highest BCUT2D eigenvalue weighted by Crippen LogP contribution is 2.28. The molecule has 0 aromatic carbocycles. The van der Waals surface area contributed by atoms with Crippen molar-refractivity contribution in [1.29, 1.82) is 0 Å². The number of hydrogen-bond donors (Lipinski definition) is 4. The maximum absolute atomic E-state index is 12.4. The molecule has 1 saturated heterocycles. The molecule has 1 aliphatic heterocycles. The van der Waals surface area contributed by atoms with Gasteiger partial charge in [0.15, 0.2) is 5.78 Å². The molecule has 1 heterocycles. The van der Waals surface area contributed by atoms with Crippen molar-refractivity contribution in [1.82, 2.24) is 0 Å². The summed E-state index contributed by atoms with van der Waals surface area (Å²) in [7, 11) is 0. The van der Waals surface area contributed by atoms with Crippen molar-refractivity contribution in [2.45, 2.75) is 54.7 Å². The van der Waals surface area contributed by atoms with Gasteiger partial charge in [0.25, 0.3) is 0 Å². The van der Waals surface area contributed by atoms with E-state index in [4.69, 9.17) is 5.73 Å². The number of halogens is 1. The zero-order chi connectivity index (χ0) is 14.7. The molecule has 2 rings (SSSR count). The van der Waals surface area contributed by atoms with Gasteiger partial charge in [0.2, 0.25) is 0 Å². The van der Waals surface area contributed by atoms with E-state index in [-0.39, 0.29) is 27.8 Å². The largest absolute Gasteiger partial charge is 0.600 e. The van der Waals surface area contributed by atoms with E-state index >= 15 is 0 Å². The molecule has 1 saturated carbocycles. The number of hydrogen-bond acceptors (Lipinski definition) is 4. The number of Topliss-reactive ketones (excluding diaryl/α,β-unsaturated/α-hetero) is 1. The predicted octanol–water partition coefficient (Wildman–Crippen LogP) is -1.35. The Bertz CT molecular complexity index is 343. The summed E-state index contributed by atoms with van der Waals surface area (Å²) in [5.41, 5.74) is 6.07. The minimum absolute atomic E-state index is 0.0730. The third kappa shape index (κ3) is 4.11. The van der Waals surface area contributed by atoms with E-state index < -0.39 is 5.23 Å². The van der Waals surface area contributed by atoms with Gasteiger partial charge in [0, 0.05) is 18.8 Å². The van der Waals surface area contributed by atoms with Gasteiger partial charge < -0.3 is 10.1 Å². The Hall–Kier alpha value is 0.200. The fraction of sp³-hybridized carbons (Fsp3) is 0.923. The Kier molecular flexibility index (Phi) is 6.18. The monoisotopic (exact) mass is 398 g/mol. The highest BCUT2D eigenvalue weighted by atomic mass is 127. The second kappa shape index (κ2) is 7.46. The summed E-state index contributed by atoms with van der Waals surface area (Å²) in [6, 6.07) is -0.372. The minimum Gasteiger partial charge on any atom is -0.600 e. The van der Waals surface area contributed by atoms with Crippen LogP contribution in [0.2, 0.25) is 0 Å². The highest BCUT2D eigenvalue weighted by molar-refractivity contribution is 14.1. The van der Waals surface area contributed by atoms with E-state index in [1.54, 1.807) is 0 Å². The number of nitrogens with one attached hydrogen (secondary N) is 2. The van der Waals surface area contributed by atoms with Crippen molar-refractivity contribution in [3.8, 4) is 0 Å². The number of ketones is 1. The maximum Gasteiger partial charge on any atom is 0.190 e. The first-order valence-corrected chi connectivity index (χ1v) is 8.73. The van der Waals surface area contributed by atoms with E-state index in [2.05, 4.69) is 22.6 Å². The van der Waals surface area contributed by atoms with Crippen LogP contribution >= 0.6 is 22.6 Å². The van der Waals surface area contributed by atoms with Crippen LogP contribution in [0.25, 0.3) is 0 Å². The van der Waals surface area contributed by atoms with Crippen molar-refractivity contribution >= 4 is 28.4 Å². The van der Waals surface area contributed by atoms with Crippen molar-refractivity contribution in [3.63, 3.8) is 0 Å². The van der Waals surface area contributed by atoms with Crippen molar-refractivity contribution in [2.24, 2.45) is 11.7 Å². The average molecular weight is 398 g/mol. The van der Waals surface area contributed by atoms with Crippen LogP contribution in [-0.2, 0) is 4.79 Å². The predicted molar refractivity (Wildman–Crippen MR) is 82.6 cm³/mol. The quantitative estimate of drug-likeness (QED) is 0.268. The minimum atomic E-state index is -0.760. The molecule has 0 bridgehead atoms. The molecule has 1 aliphatic carbocycles. The molecule has 6 unspecified atom stereocenters. The maximum atomic E-state index is 12.4. The molecule has 0 aromatic heterocycles. The lowest BCUT2D eigenvalue weighted by molar-refractivity contribution is -1.07. The topological polar surface area (TPSA) is 95.3 Å². The summed E-state index contributed by atoms with van der Waals surface area (Å²) < 4.78 is 0.152. The number of carbonyl (C=O) groups excluding carboxylic acids is 1. The lowest BCUT2D eigenvalue weighted by Gasteiger charge is -2.36. The van der Waals surface area contributed by atoms with Gasteiger partial charge >= 0.3 is 0 Å². The number of likely N-dealkylation sites (tertiary alicyclic amines) is 1. The van der Waals surface area contributed by atoms with Crippen LogP contribution in [0.4, 0.5) is 0 Å². The molecule has 0 radical (unpaired) electrons.